The van der Waals surface area contributed by atoms with E-state index in [0.717, 1.165) is 28.5 Å². The van der Waals surface area contributed by atoms with Crippen molar-refractivity contribution in [3.8, 4) is 16.8 Å². The Labute approximate surface area is 210 Å². The third kappa shape index (κ3) is 5.36. The molecule has 0 bridgehead atoms. The number of carbonyl (C=O) groups is 1. The predicted octanol–water partition coefficient (Wildman–Crippen LogP) is 4.18. The number of carbonyl (C=O) groups excluding carboxylic acids is 1. The summed E-state index contributed by atoms with van der Waals surface area (Å²) in [6.07, 6.45) is 0.0115. The normalized spacial score (nSPS) is 12.0. The number of pyridine rings is 1. The first-order valence-corrected chi connectivity index (χ1v) is 12.8. The first-order chi connectivity index (χ1) is 17.3. The Hall–Kier alpha value is -4.12. The minimum atomic E-state index is -4.62. The number of halogens is 3. The highest BCUT2D eigenvalue weighted by Gasteiger charge is 2.31. The van der Waals surface area contributed by atoms with Gasteiger partial charge in [0.2, 0.25) is 0 Å². The van der Waals surface area contributed by atoms with Gasteiger partial charge in [0.25, 0.3) is 11.5 Å². The fraction of sp³-hybridized carbons (Fsp3) is 0.154. The van der Waals surface area contributed by atoms with Crippen molar-refractivity contribution in [2.24, 2.45) is 5.73 Å². The van der Waals surface area contributed by atoms with Crippen LogP contribution in [0, 0.1) is 6.92 Å². The number of amides is 1. The van der Waals surface area contributed by atoms with Gasteiger partial charge in [-0.2, -0.15) is 13.2 Å². The molecule has 1 amide bonds. The van der Waals surface area contributed by atoms with Gasteiger partial charge < -0.3 is 10.3 Å². The average molecular weight is 530 g/mol. The number of hydrogen-bond acceptors (Lipinski definition) is 4. The van der Waals surface area contributed by atoms with Crippen LogP contribution in [0.3, 0.4) is 0 Å². The molecule has 37 heavy (non-hydrogen) atoms. The molecule has 4 aromatic rings. The Morgan fingerprint density at radius 1 is 1.03 bits per heavy atom. The molecule has 0 radical (unpaired) electrons. The van der Waals surface area contributed by atoms with Gasteiger partial charge in [-0.15, -0.1) is 0 Å². The highest BCUT2D eigenvalue weighted by Crippen LogP contribution is 2.31. The Bertz CT molecular complexity index is 1670. The van der Waals surface area contributed by atoms with Crippen molar-refractivity contribution < 1.29 is 26.4 Å². The van der Waals surface area contributed by atoms with E-state index in [4.69, 9.17) is 5.73 Å². The van der Waals surface area contributed by atoms with Crippen LogP contribution in [0.25, 0.3) is 16.8 Å². The zero-order chi connectivity index (χ0) is 27.1. The van der Waals surface area contributed by atoms with E-state index in [1.54, 1.807) is 37.5 Å². The lowest BCUT2D eigenvalue weighted by molar-refractivity contribution is -0.137. The van der Waals surface area contributed by atoms with Crippen LogP contribution in [-0.2, 0) is 22.6 Å². The van der Waals surface area contributed by atoms with Crippen LogP contribution >= 0.6 is 0 Å². The van der Waals surface area contributed by atoms with E-state index in [2.05, 4.69) is 0 Å². The van der Waals surface area contributed by atoms with Crippen molar-refractivity contribution in [2.75, 3.05) is 6.26 Å². The van der Waals surface area contributed by atoms with Gasteiger partial charge >= 0.3 is 6.18 Å². The standard InChI is InChI=1S/C26H22F3N3O4S/c1-16-22(18-10-11-31(15-18)14-17-6-8-21(9-7-17)37(2,35)36)13-23(24(30)33)25(34)32(16)20-5-3-4-19(12-20)26(27,28)29/h3-13,15H,14H2,1-2H3,(H2,30,33). The predicted molar refractivity (Wildman–Crippen MR) is 132 cm³/mol. The zero-order valence-corrected chi connectivity index (χ0v) is 20.6. The number of nitrogens with zero attached hydrogens (tertiary/aromatic N) is 2. The fourth-order valence-corrected chi connectivity index (χ4v) is 4.69. The summed E-state index contributed by atoms with van der Waals surface area (Å²) < 4.78 is 66.1. The topological polar surface area (TPSA) is 104 Å². The lowest BCUT2D eigenvalue weighted by Crippen LogP contribution is -2.30. The lowest BCUT2D eigenvalue weighted by Gasteiger charge is -2.17. The molecule has 7 nitrogen and oxygen atoms in total. The van der Waals surface area contributed by atoms with E-state index >= 15 is 0 Å². The molecule has 2 aromatic carbocycles. The number of aromatic nitrogens is 2. The zero-order valence-electron chi connectivity index (χ0n) is 19.8. The maximum Gasteiger partial charge on any atom is 0.416 e. The maximum absolute atomic E-state index is 13.3. The van der Waals surface area contributed by atoms with Crippen molar-refractivity contribution in [3.63, 3.8) is 0 Å². The molecule has 2 aromatic heterocycles. The number of primary amides is 1. The molecule has 2 N–H and O–H groups in total. The number of nitrogens with two attached hydrogens (primary N) is 1. The average Bonchev–Trinajstić information content (AvgIpc) is 3.26. The second-order valence-corrected chi connectivity index (χ2v) is 10.6. The molecule has 4 rings (SSSR count). The van der Waals surface area contributed by atoms with Crippen molar-refractivity contribution in [1.29, 1.82) is 0 Å². The quantitative estimate of drug-likeness (QED) is 0.405. The number of sulfone groups is 1. The van der Waals surface area contributed by atoms with E-state index in [1.807, 2.05) is 4.57 Å². The molecule has 0 atom stereocenters. The Morgan fingerprint density at radius 2 is 1.70 bits per heavy atom. The van der Waals surface area contributed by atoms with Gasteiger partial charge in [-0.3, -0.25) is 14.2 Å². The van der Waals surface area contributed by atoms with Gasteiger partial charge in [-0.1, -0.05) is 18.2 Å². The molecule has 0 fully saturated rings. The maximum atomic E-state index is 13.3. The van der Waals surface area contributed by atoms with Gasteiger partial charge in [-0.05, 0) is 55.0 Å². The molecule has 192 valence electrons. The second-order valence-electron chi connectivity index (χ2n) is 8.60. The van der Waals surface area contributed by atoms with Crippen molar-refractivity contribution in [1.82, 2.24) is 9.13 Å². The minimum absolute atomic E-state index is 0.0490. The monoisotopic (exact) mass is 529 g/mol. The SMILES string of the molecule is Cc1c(-c2ccn(Cc3ccc(S(C)(=O)=O)cc3)c2)cc(C(N)=O)c(=O)n1-c1cccc(C(F)(F)F)c1. The summed E-state index contributed by atoms with van der Waals surface area (Å²) in [4.78, 5) is 25.3. The molecule has 2 heterocycles. The molecule has 0 aliphatic carbocycles. The molecular formula is C26H22F3N3O4S. The highest BCUT2D eigenvalue weighted by atomic mass is 32.2. The Morgan fingerprint density at radius 3 is 2.30 bits per heavy atom. The summed E-state index contributed by atoms with van der Waals surface area (Å²) in [6.45, 7) is 1.97. The lowest BCUT2D eigenvalue weighted by atomic mass is 10.0. The highest BCUT2D eigenvalue weighted by molar-refractivity contribution is 7.90. The van der Waals surface area contributed by atoms with E-state index < -0.39 is 33.0 Å². The molecular weight excluding hydrogens is 507 g/mol. The molecule has 0 spiro atoms. The van der Waals surface area contributed by atoms with Crippen LogP contribution in [-0.4, -0.2) is 29.7 Å². The van der Waals surface area contributed by atoms with Crippen LogP contribution < -0.4 is 11.3 Å². The molecule has 11 heteroatoms. The van der Waals surface area contributed by atoms with Gasteiger partial charge in [0.05, 0.1) is 10.5 Å². The summed E-state index contributed by atoms with van der Waals surface area (Å²) in [5.41, 5.74) is 5.47. The Balaban J connectivity index is 1.78. The van der Waals surface area contributed by atoms with Crippen molar-refractivity contribution >= 4 is 15.7 Å². The van der Waals surface area contributed by atoms with Gasteiger partial charge in [0, 0.05) is 47.7 Å². The third-order valence-electron chi connectivity index (χ3n) is 5.92. The largest absolute Gasteiger partial charge is 0.416 e. The molecule has 0 aliphatic heterocycles. The van der Waals surface area contributed by atoms with E-state index in [1.165, 1.54) is 30.3 Å². The first-order valence-electron chi connectivity index (χ1n) is 10.9. The first kappa shape index (κ1) is 26.0. The second kappa shape index (κ2) is 9.40. The smallest absolute Gasteiger partial charge is 0.365 e. The molecule has 0 aliphatic rings. The Kier molecular flexibility index (Phi) is 6.59. The van der Waals surface area contributed by atoms with Crippen LogP contribution in [0.5, 0.6) is 0 Å². The number of benzene rings is 2. The molecule has 0 saturated carbocycles. The minimum Gasteiger partial charge on any atom is -0.365 e. The summed E-state index contributed by atoms with van der Waals surface area (Å²) in [5.74, 6) is -1.00. The number of alkyl halides is 3. The van der Waals surface area contributed by atoms with Gasteiger partial charge in [0.15, 0.2) is 9.84 Å². The number of hydrogen-bond donors (Lipinski definition) is 1. The van der Waals surface area contributed by atoms with E-state index in [0.29, 0.717) is 23.4 Å². The summed E-state index contributed by atoms with van der Waals surface area (Å²) in [5, 5.41) is 0. The van der Waals surface area contributed by atoms with Crippen LogP contribution in [0.2, 0.25) is 0 Å². The summed E-state index contributed by atoms with van der Waals surface area (Å²) >= 11 is 0. The van der Waals surface area contributed by atoms with Crippen LogP contribution in [0.15, 0.2) is 82.7 Å². The number of rotatable bonds is 6. The summed E-state index contributed by atoms with van der Waals surface area (Å²) in [7, 11) is -3.32. The molecule has 0 unspecified atom stereocenters. The van der Waals surface area contributed by atoms with Crippen molar-refractivity contribution in [2.45, 2.75) is 24.5 Å². The molecule has 0 saturated heterocycles. The van der Waals surface area contributed by atoms with E-state index in [9.17, 15) is 31.2 Å². The third-order valence-corrected chi connectivity index (χ3v) is 7.05. The van der Waals surface area contributed by atoms with E-state index in [-0.39, 0.29) is 16.1 Å². The van der Waals surface area contributed by atoms with Gasteiger partial charge in [-0.25, -0.2) is 8.42 Å². The van der Waals surface area contributed by atoms with Crippen molar-refractivity contribution in [3.05, 3.63) is 106 Å². The summed E-state index contributed by atoms with van der Waals surface area (Å²) in [6, 6.07) is 13.8. The van der Waals surface area contributed by atoms with Gasteiger partial charge in [0.1, 0.15) is 5.56 Å². The van der Waals surface area contributed by atoms with Crippen LogP contribution in [0.4, 0.5) is 13.2 Å². The van der Waals surface area contributed by atoms with Crippen LogP contribution in [0.1, 0.15) is 27.2 Å². The fourth-order valence-electron chi connectivity index (χ4n) is 4.06.